The molecule has 0 N–H and O–H groups in total. The molecular formula is C41H40N6O4. The maximum absolute atomic E-state index is 12.1. The highest BCUT2D eigenvalue weighted by atomic mass is 16.5. The molecule has 0 heterocycles. The lowest BCUT2D eigenvalue weighted by Crippen LogP contribution is -2.21. The first-order valence-corrected chi connectivity index (χ1v) is 16.9. The summed E-state index contributed by atoms with van der Waals surface area (Å²) in [6.45, 7) is 9.79. The van der Waals surface area contributed by atoms with E-state index in [0.29, 0.717) is 24.3 Å². The molecule has 0 aliphatic heterocycles. The zero-order valence-corrected chi connectivity index (χ0v) is 28.8. The average Bonchev–Trinajstić information content (AvgIpc) is 3.17. The SMILES string of the molecule is C=CC(=O)OCCCCC(=O)Oc1ccc(C=Nc2ccc(N=Nc3ccc(N=Nc4ccc(N(CC)CC)cc4)c4ccccc34)cc2)cc1. The number of hydrogen-bond acceptors (Lipinski definition) is 10. The van der Waals surface area contributed by atoms with Crippen molar-refractivity contribution in [2.45, 2.75) is 33.1 Å². The van der Waals surface area contributed by atoms with Crippen LogP contribution in [-0.4, -0.2) is 37.8 Å². The van der Waals surface area contributed by atoms with Crippen molar-refractivity contribution in [1.82, 2.24) is 0 Å². The molecule has 0 aliphatic rings. The van der Waals surface area contributed by atoms with Gasteiger partial charge < -0.3 is 14.4 Å². The molecule has 10 nitrogen and oxygen atoms in total. The molecule has 51 heavy (non-hydrogen) atoms. The number of hydrogen-bond donors (Lipinski definition) is 0. The molecule has 5 rings (SSSR count). The second kappa shape index (κ2) is 18.5. The molecule has 0 fully saturated rings. The van der Waals surface area contributed by atoms with Gasteiger partial charge >= 0.3 is 11.9 Å². The molecule has 5 aromatic carbocycles. The van der Waals surface area contributed by atoms with Crippen LogP contribution in [0.2, 0.25) is 0 Å². The number of esters is 2. The predicted molar refractivity (Wildman–Crippen MR) is 203 cm³/mol. The third kappa shape index (κ3) is 10.6. The summed E-state index contributed by atoms with van der Waals surface area (Å²) in [6.07, 6.45) is 4.20. The van der Waals surface area contributed by atoms with Gasteiger partial charge in [0, 0.05) is 48.3 Å². The van der Waals surface area contributed by atoms with Gasteiger partial charge in [-0.1, -0.05) is 30.8 Å². The normalized spacial score (nSPS) is 11.4. The summed E-state index contributed by atoms with van der Waals surface area (Å²) in [4.78, 5) is 30.0. The first kappa shape index (κ1) is 36.0. The lowest BCUT2D eigenvalue weighted by atomic mass is 10.1. The van der Waals surface area contributed by atoms with Crippen molar-refractivity contribution >= 4 is 63.0 Å². The van der Waals surface area contributed by atoms with E-state index in [4.69, 9.17) is 9.47 Å². The molecule has 0 atom stereocenters. The third-order valence-corrected chi connectivity index (χ3v) is 7.91. The summed E-state index contributed by atoms with van der Waals surface area (Å²) in [7, 11) is 0. The number of aliphatic imine (C=N–C) groups is 1. The van der Waals surface area contributed by atoms with E-state index in [-0.39, 0.29) is 19.0 Å². The van der Waals surface area contributed by atoms with Gasteiger partial charge in [-0.15, -0.1) is 10.2 Å². The minimum absolute atomic E-state index is 0.230. The first-order valence-electron chi connectivity index (χ1n) is 16.9. The Labute approximate surface area is 297 Å². The van der Waals surface area contributed by atoms with E-state index in [0.717, 1.165) is 58.3 Å². The van der Waals surface area contributed by atoms with Gasteiger partial charge in [-0.2, -0.15) is 10.2 Å². The number of carbonyl (C=O) groups excluding carboxylic acids is 2. The molecular weight excluding hydrogens is 640 g/mol. The number of azo groups is 2. The third-order valence-electron chi connectivity index (χ3n) is 7.91. The Morgan fingerprint density at radius 3 is 1.82 bits per heavy atom. The van der Waals surface area contributed by atoms with E-state index in [1.807, 2.05) is 84.9 Å². The van der Waals surface area contributed by atoms with Crippen molar-refractivity contribution < 1.29 is 19.1 Å². The van der Waals surface area contributed by atoms with Gasteiger partial charge in [-0.05, 0) is 117 Å². The Bertz CT molecular complexity index is 2020. The van der Waals surface area contributed by atoms with E-state index in [1.54, 1.807) is 18.3 Å². The zero-order valence-electron chi connectivity index (χ0n) is 28.8. The largest absolute Gasteiger partial charge is 0.463 e. The van der Waals surface area contributed by atoms with Crippen LogP contribution in [0.3, 0.4) is 0 Å². The summed E-state index contributed by atoms with van der Waals surface area (Å²) in [5.74, 6) is -0.363. The average molecular weight is 681 g/mol. The van der Waals surface area contributed by atoms with Crippen molar-refractivity contribution in [3.05, 3.63) is 127 Å². The highest BCUT2D eigenvalue weighted by molar-refractivity contribution is 5.99. The van der Waals surface area contributed by atoms with Crippen LogP contribution in [0, 0.1) is 0 Å². The Balaban J connectivity index is 1.15. The quantitative estimate of drug-likeness (QED) is 0.0257. The number of rotatable bonds is 16. The number of ether oxygens (including phenoxy) is 2. The van der Waals surface area contributed by atoms with E-state index < -0.39 is 5.97 Å². The number of carbonyl (C=O) groups is 2. The molecule has 0 amide bonds. The van der Waals surface area contributed by atoms with Crippen LogP contribution in [0.1, 0.15) is 38.7 Å². The summed E-state index contributed by atoms with van der Waals surface area (Å²) in [5, 5.41) is 19.9. The molecule has 0 saturated carbocycles. The summed E-state index contributed by atoms with van der Waals surface area (Å²) < 4.78 is 10.3. The topological polar surface area (TPSA) is 118 Å². The first-order chi connectivity index (χ1) is 24.9. The number of nitrogens with zero attached hydrogens (tertiary/aromatic N) is 6. The smallest absolute Gasteiger partial charge is 0.330 e. The monoisotopic (exact) mass is 680 g/mol. The van der Waals surface area contributed by atoms with Crippen molar-refractivity contribution in [3.8, 4) is 5.75 Å². The minimum Gasteiger partial charge on any atom is -0.463 e. The lowest BCUT2D eigenvalue weighted by molar-refractivity contribution is -0.137. The number of unbranched alkanes of at least 4 members (excludes halogenated alkanes) is 1. The van der Waals surface area contributed by atoms with Crippen LogP contribution in [0.5, 0.6) is 5.75 Å². The minimum atomic E-state index is -0.471. The molecule has 0 aliphatic carbocycles. The van der Waals surface area contributed by atoms with E-state index in [9.17, 15) is 9.59 Å². The van der Waals surface area contributed by atoms with Gasteiger partial charge in [0.1, 0.15) is 5.75 Å². The molecule has 0 bridgehead atoms. The predicted octanol–water partition coefficient (Wildman–Crippen LogP) is 11.1. The maximum Gasteiger partial charge on any atom is 0.330 e. The maximum atomic E-state index is 12.1. The van der Waals surface area contributed by atoms with Crippen molar-refractivity contribution in [1.29, 1.82) is 0 Å². The highest BCUT2D eigenvalue weighted by Gasteiger charge is 2.07. The van der Waals surface area contributed by atoms with Gasteiger partial charge in [-0.3, -0.25) is 9.79 Å². The van der Waals surface area contributed by atoms with Gasteiger partial charge in [0.25, 0.3) is 0 Å². The Hall–Kier alpha value is -6.29. The standard InChI is InChI=1S/C41H40N6O4/c1-4-40(48)50-28-10-9-13-41(49)51-35-24-14-30(15-25-35)29-42-31-16-18-32(19-17-31)43-45-38-26-27-39(37-12-8-7-11-36(37)38)46-44-33-20-22-34(23-21-33)47(5-2)6-3/h4,7-8,11-12,14-27,29H,1,5-6,9-10,13,28H2,2-3H3. The molecule has 0 spiro atoms. The van der Waals surface area contributed by atoms with Gasteiger partial charge in [0.05, 0.1) is 35.0 Å². The van der Waals surface area contributed by atoms with Crippen molar-refractivity contribution in [2.24, 2.45) is 25.4 Å². The van der Waals surface area contributed by atoms with Crippen LogP contribution < -0.4 is 9.64 Å². The molecule has 0 aromatic heterocycles. The molecule has 0 unspecified atom stereocenters. The zero-order chi connectivity index (χ0) is 35.8. The van der Waals surface area contributed by atoms with Gasteiger partial charge in [-0.25, -0.2) is 4.79 Å². The van der Waals surface area contributed by atoms with Gasteiger partial charge in [0.15, 0.2) is 0 Å². The van der Waals surface area contributed by atoms with E-state index >= 15 is 0 Å². The number of benzene rings is 5. The molecule has 10 heteroatoms. The van der Waals surface area contributed by atoms with E-state index in [1.165, 1.54) is 5.69 Å². The van der Waals surface area contributed by atoms with Crippen LogP contribution in [0.4, 0.5) is 34.1 Å². The van der Waals surface area contributed by atoms with Crippen molar-refractivity contribution in [2.75, 3.05) is 24.6 Å². The number of anilines is 1. The van der Waals surface area contributed by atoms with Crippen LogP contribution >= 0.6 is 0 Å². The molecule has 258 valence electrons. The summed E-state index contributed by atoms with van der Waals surface area (Å²) in [6, 6.07) is 34.4. The van der Waals surface area contributed by atoms with E-state index in [2.05, 4.69) is 62.9 Å². The fourth-order valence-corrected chi connectivity index (χ4v) is 5.15. The molecule has 5 aromatic rings. The Morgan fingerprint density at radius 1 is 0.686 bits per heavy atom. The fourth-order valence-electron chi connectivity index (χ4n) is 5.15. The van der Waals surface area contributed by atoms with Crippen LogP contribution in [0.25, 0.3) is 10.8 Å². The summed E-state index contributed by atoms with van der Waals surface area (Å²) in [5.41, 5.74) is 5.75. The lowest BCUT2D eigenvalue weighted by Gasteiger charge is -2.20. The highest BCUT2D eigenvalue weighted by Crippen LogP contribution is 2.35. The van der Waals surface area contributed by atoms with Crippen molar-refractivity contribution in [3.63, 3.8) is 0 Å². The second-order valence-electron chi connectivity index (χ2n) is 11.4. The van der Waals surface area contributed by atoms with Crippen LogP contribution in [-0.2, 0) is 14.3 Å². The Kier molecular flexibility index (Phi) is 13.0. The second-order valence-corrected chi connectivity index (χ2v) is 11.4. The van der Waals surface area contributed by atoms with Crippen LogP contribution in [0.15, 0.2) is 147 Å². The molecule has 0 saturated heterocycles. The Morgan fingerprint density at radius 2 is 1.25 bits per heavy atom. The molecule has 0 radical (unpaired) electrons. The summed E-state index contributed by atoms with van der Waals surface area (Å²) >= 11 is 0. The number of fused-ring (bicyclic) bond motifs is 1. The fraction of sp³-hybridized carbons (Fsp3) is 0.195. The van der Waals surface area contributed by atoms with Gasteiger partial charge in [0.2, 0.25) is 0 Å².